The summed E-state index contributed by atoms with van der Waals surface area (Å²) in [6.07, 6.45) is 0. The van der Waals surface area contributed by atoms with Crippen LogP contribution in [0, 0.1) is 0 Å². The molecule has 0 saturated heterocycles. The van der Waals surface area contributed by atoms with Gasteiger partial charge < -0.3 is 10.6 Å². The van der Waals surface area contributed by atoms with E-state index in [1.54, 1.807) is 0 Å². The van der Waals surface area contributed by atoms with Gasteiger partial charge >= 0.3 is 0 Å². The maximum atomic E-state index is 12.7. The molecule has 0 saturated carbocycles. The molecular formula is C34H40N4O2+2. The largest absolute Gasteiger partial charge is 0.348 e. The van der Waals surface area contributed by atoms with Crippen LogP contribution in [0.3, 0.4) is 0 Å². The highest BCUT2D eigenvalue weighted by Crippen LogP contribution is 2.22. The van der Waals surface area contributed by atoms with Crippen molar-refractivity contribution < 1.29 is 9.59 Å². The first kappa shape index (κ1) is 28.7. The zero-order chi connectivity index (χ0) is 28.9. The number of carbonyl (C=O) groups is 2. The zero-order valence-electron chi connectivity index (χ0n) is 24.4. The van der Waals surface area contributed by atoms with Crippen LogP contribution in [0.4, 0.5) is 11.4 Å². The quantitative estimate of drug-likeness (QED) is 0.273. The van der Waals surface area contributed by atoms with Crippen molar-refractivity contribution in [3.05, 3.63) is 119 Å². The van der Waals surface area contributed by atoms with Crippen molar-refractivity contribution in [2.45, 2.75) is 13.1 Å². The van der Waals surface area contributed by atoms with E-state index in [1.807, 2.05) is 48.5 Å². The van der Waals surface area contributed by atoms with Gasteiger partial charge in [-0.2, -0.15) is 0 Å². The Hall–Kier alpha value is -4.26. The van der Waals surface area contributed by atoms with Gasteiger partial charge in [-0.25, -0.2) is 0 Å². The summed E-state index contributed by atoms with van der Waals surface area (Å²) >= 11 is 0. The van der Waals surface area contributed by atoms with E-state index in [0.29, 0.717) is 24.2 Å². The first-order chi connectivity index (χ1) is 18.9. The minimum absolute atomic E-state index is 0.110. The van der Waals surface area contributed by atoms with Crippen molar-refractivity contribution in [2.75, 3.05) is 42.3 Å². The molecule has 2 amide bonds. The number of amides is 2. The van der Waals surface area contributed by atoms with Crippen LogP contribution in [-0.2, 0) is 13.1 Å². The molecule has 0 unspecified atom stereocenters. The van der Waals surface area contributed by atoms with E-state index in [9.17, 15) is 9.59 Å². The number of hydrogen-bond acceptors (Lipinski definition) is 2. The number of rotatable bonds is 9. The lowest BCUT2D eigenvalue weighted by Crippen LogP contribution is -2.34. The predicted octanol–water partition coefficient (Wildman–Crippen LogP) is 5.61. The highest BCUT2D eigenvalue weighted by atomic mass is 16.2. The Labute approximate surface area is 238 Å². The molecule has 4 rings (SSSR count). The van der Waals surface area contributed by atoms with E-state index in [4.69, 9.17) is 0 Å². The monoisotopic (exact) mass is 536 g/mol. The van der Waals surface area contributed by atoms with E-state index < -0.39 is 0 Å². The number of hydrogen-bond donors (Lipinski definition) is 2. The first-order valence-electron chi connectivity index (χ1n) is 13.5. The summed E-state index contributed by atoms with van der Waals surface area (Å²) in [5.74, 6) is -0.220. The second-order valence-electron chi connectivity index (χ2n) is 11.9. The normalized spacial score (nSPS) is 11.7. The van der Waals surface area contributed by atoms with Crippen molar-refractivity contribution in [3.63, 3.8) is 0 Å². The second-order valence-corrected chi connectivity index (χ2v) is 11.9. The summed E-state index contributed by atoms with van der Waals surface area (Å²) in [6.45, 7) is 0.951. The van der Waals surface area contributed by atoms with Gasteiger partial charge in [-0.1, -0.05) is 48.5 Å². The molecule has 0 heterocycles. The molecule has 2 N–H and O–H groups in total. The fourth-order valence-corrected chi connectivity index (χ4v) is 4.32. The van der Waals surface area contributed by atoms with Gasteiger partial charge in [0.05, 0.1) is 42.3 Å². The van der Waals surface area contributed by atoms with Crippen LogP contribution in [0.2, 0.25) is 0 Å². The molecule has 0 radical (unpaired) electrons. The molecule has 0 fully saturated rings. The number of quaternary nitrogens is 2. The Balaban J connectivity index is 1.30. The van der Waals surface area contributed by atoms with Crippen LogP contribution < -0.4 is 19.6 Å². The van der Waals surface area contributed by atoms with Crippen LogP contribution in [0.5, 0.6) is 0 Å². The van der Waals surface area contributed by atoms with Gasteiger partial charge in [-0.3, -0.25) is 18.6 Å². The van der Waals surface area contributed by atoms with Gasteiger partial charge in [0.2, 0.25) is 0 Å². The molecule has 206 valence electrons. The Morgan fingerprint density at radius 3 is 1.05 bits per heavy atom. The zero-order valence-corrected chi connectivity index (χ0v) is 24.4. The van der Waals surface area contributed by atoms with Crippen LogP contribution in [0.25, 0.3) is 11.1 Å². The Morgan fingerprint density at radius 1 is 0.475 bits per heavy atom. The summed E-state index contributed by atoms with van der Waals surface area (Å²) in [6, 6.07) is 31.6. The SMILES string of the molecule is C[N+](C)(C)c1ccc(CNC(=O)c2ccc(-c3ccc(C(=O)NCc4ccc([N+](C)(C)C)cc4)cc3)cc2)cc1. The van der Waals surface area contributed by atoms with Crippen LogP contribution in [0.1, 0.15) is 31.8 Å². The molecule has 0 bridgehead atoms. The van der Waals surface area contributed by atoms with Gasteiger partial charge in [-0.05, 0) is 70.8 Å². The fourth-order valence-electron chi connectivity index (χ4n) is 4.32. The lowest BCUT2D eigenvalue weighted by Gasteiger charge is -2.23. The summed E-state index contributed by atoms with van der Waals surface area (Å²) in [5.41, 5.74) is 7.72. The number of nitrogens with one attached hydrogen (secondary N) is 2. The lowest BCUT2D eigenvalue weighted by molar-refractivity contribution is 0.0943. The fraction of sp³-hybridized carbons (Fsp3) is 0.235. The molecule has 4 aromatic rings. The molecule has 6 nitrogen and oxygen atoms in total. The Morgan fingerprint density at radius 2 is 0.775 bits per heavy atom. The van der Waals surface area contributed by atoms with Crippen molar-refractivity contribution >= 4 is 23.2 Å². The topological polar surface area (TPSA) is 58.2 Å². The molecule has 6 heteroatoms. The van der Waals surface area contributed by atoms with Crippen molar-refractivity contribution in [1.82, 2.24) is 19.6 Å². The third kappa shape index (κ3) is 7.44. The summed E-state index contributed by atoms with van der Waals surface area (Å²) in [4.78, 5) is 25.4. The third-order valence-corrected chi connectivity index (χ3v) is 6.96. The average molecular weight is 537 g/mol. The molecule has 4 aromatic carbocycles. The van der Waals surface area contributed by atoms with Gasteiger partial charge in [0.25, 0.3) is 11.8 Å². The minimum atomic E-state index is -0.110. The van der Waals surface area contributed by atoms with E-state index >= 15 is 0 Å². The van der Waals surface area contributed by atoms with Crippen LogP contribution >= 0.6 is 0 Å². The van der Waals surface area contributed by atoms with Gasteiger partial charge in [0.15, 0.2) is 0 Å². The molecule has 0 aliphatic carbocycles. The maximum Gasteiger partial charge on any atom is 0.251 e. The molecule has 0 aliphatic heterocycles. The average Bonchev–Trinajstić information content (AvgIpc) is 2.94. The lowest BCUT2D eigenvalue weighted by atomic mass is 10.0. The Bertz CT molecular complexity index is 1330. The van der Waals surface area contributed by atoms with E-state index in [0.717, 1.165) is 31.2 Å². The third-order valence-electron chi connectivity index (χ3n) is 6.96. The van der Waals surface area contributed by atoms with E-state index in [2.05, 4.69) is 101 Å². The van der Waals surface area contributed by atoms with Gasteiger partial charge in [0, 0.05) is 24.2 Å². The number of nitrogens with zero attached hydrogens (tertiary/aromatic N) is 2. The maximum absolute atomic E-state index is 12.7. The molecule has 40 heavy (non-hydrogen) atoms. The summed E-state index contributed by atoms with van der Waals surface area (Å²) < 4.78 is 1.50. The van der Waals surface area contributed by atoms with Crippen molar-refractivity contribution in [1.29, 1.82) is 0 Å². The predicted molar refractivity (Wildman–Crippen MR) is 166 cm³/mol. The highest BCUT2D eigenvalue weighted by molar-refractivity contribution is 5.95. The van der Waals surface area contributed by atoms with Crippen molar-refractivity contribution in [3.8, 4) is 11.1 Å². The molecule has 0 atom stereocenters. The number of benzene rings is 4. The van der Waals surface area contributed by atoms with Crippen molar-refractivity contribution in [2.24, 2.45) is 0 Å². The van der Waals surface area contributed by atoms with Gasteiger partial charge in [-0.15, -0.1) is 0 Å². The minimum Gasteiger partial charge on any atom is -0.348 e. The molecular weight excluding hydrogens is 496 g/mol. The van der Waals surface area contributed by atoms with E-state index in [1.165, 1.54) is 11.4 Å². The van der Waals surface area contributed by atoms with Crippen LogP contribution in [-0.4, -0.2) is 54.1 Å². The Kier molecular flexibility index (Phi) is 8.52. The highest BCUT2D eigenvalue weighted by Gasteiger charge is 2.13. The molecule has 0 aliphatic rings. The van der Waals surface area contributed by atoms with Gasteiger partial charge in [0.1, 0.15) is 11.4 Å². The molecule has 0 spiro atoms. The summed E-state index contributed by atoms with van der Waals surface area (Å²) in [7, 11) is 12.8. The number of carbonyl (C=O) groups excluding carboxylic acids is 2. The van der Waals surface area contributed by atoms with Crippen LogP contribution in [0.15, 0.2) is 97.1 Å². The standard InChI is InChI=1S/C34H38N4O2/c1-37(2,3)31-19-7-25(8-20-31)23-35-33(39)29-15-11-27(12-16-29)28-13-17-30(18-14-28)34(40)36-24-26-9-21-32(22-10-26)38(4,5)6/h7-22H,23-24H2,1-6H3/p+2. The second kappa shape index (κ2) is 11.9. The molecule has 0 aromatic heterocycles. The van der Waals surface area contributed by atoms with E-state index in [-0.39, 0.29) is 11.8 Å². The first-order valence-corrected chi connectivity index (χ1v) is 13.5. The smallest absolute Gasteiger partial charge is 0.251 e. The summed E-state index contributed by atoms with van der Waals surface area (Å²) in [5, 5.41) is 5.99.